The molecule has 1 fully saturated rings. The predicted octanol–water partition coefficient (Wildman–Crippen LogP) is 2.66. The van der Waals surface area contributed by atoms with Gasteiger partial charge in [0, 0.05) is 18.2 Å². The molecule has 2 N–H and O–H groups in total. The number of nitro benzene ring substituents is 1. The van der Waals surface area contributed by atoms with Crippen molar-refractivity contribution in [3.05, 3.63) is 34.1 Å². The molecule has 1 atom stereocenters. The number of hydrogen-bond donors (Lipinski definition) is 2. The standard InChI is InChI=1S/C16H20FN3O5/c1-10(25-14-9-11(17)7-8-13(14)20(23)24)15(21)19-16(22)18-12-5-3-2-4-6-12/h7-10,12H,2-6H2,1H3,(H2,18,19,21,22)/t10-/m0/s1. The van der Waals surface area contributed by atoms with E-state index in [-0.39, 0.29) is 11.8 Å². The molecule has 0 bridgehead atoms. The minimum atomic E-state index is -1.21. The average Bonchev–Trinajstić information content (AvgIpc) is 2.55. The molecule has 9 heteroatoms. The van der Waals surface area contributed by atoms with Gasteiger partial charge in [-0.05, 0) is 25.8 Å². The number of nitro groups is 1. The number of carbonyl (C=O) groups is 2. The quantitative estimate of drug-likeness (QED) is 0.624. The molecule has 1 saturated carbocycles. The number of rotatable bonds is 5. The van der Waals surface area contributed by atoms with Gasteiger partial charge >= 0.3 is 11.7 Å². The van der Waals surface area contributed by atoms with Gasteiger partial charge in [-0.2, -0.15) is 0 Å². The zero-order chi connectivity index (χ0) is 18.4. The molecule has 0 heterocycles. The van der Waals surface area contributed by atoms with Gasteiger partial charge in [0.15, 0.2) is 6.10 Å². The second kappa shape index (κ2) is 8.41. The topological polar surface area (TPSA) is 111 Å². The molecule has 25 heavy (non-hydrogen) atoms. The smallest absolute Gasteiger partial charge is 0.321 e. The molecule has 1 aromatic rings. The monoisotopic (exact) mass is 353 g/mol. The lowest BCUT2D eigenvalue weighted by molar-refractivity contribution is -0.386. The average molecular weight is 353 g/mol. The Kier molecular flexibility index (Phi) is 6.26. The van der Waals surface area contributed by atoms with Crippen LogP contribution in [0.1, 0.15) is 39.0 Å². The third-order valence-corrected chi connectivity index (χ3v) is 3.97. The molecular weight excluding hydrogens is 333 g/mol. The Morgan fingerprint density at radius 3 is 2.64 bits per heavy atom. The lowest BCUT2D eigenvalue weighted by Gasteiger charge is -2.23. The maximum atomic E-state index is 13.3. The lowest BCUT2D eigenvalue weighted by Crippen LogP contribution is -2.48. The largest absolute Gasteiger partial charge is 0.474 e. The molecule has 0 aliphatic heterocycles. The summed E-state index contributed by atoms with van der Waals surface area (Å²) in [5.74, 6) is -1.88. The number of nitrogens with one attached hydrogen (secondary N) is 2. The number of ether oxygens (including phenoxy) is 1. The number of halogens is 1. The van der Waals surface area contributed by atoms with Crippen LogP contribution in [0.2, 0.25) is 0 Å². The number of carbonyl (C=O) groups excluding carboxylic acids is 2. The molecule has 0 aromatic heterocycles. The maximum absolute atomic E-state index is 13.3. The molecule has 8 nitrogen and oxygen atoms in total. The van der Waals surface area contributed by atoms with Crippen LogP contribution in [0.15, 0.2) is 18.2 Å². The van der Waals surface area contributed by atoms with Crippen LogP contribution < -0.4 is 15.4 Å². The van der Waals surface area contributed by atoms with Crippen molar-refractivity contribution in [3.8, 4) is 5.75 Å². The minimum absolute atomic E-state index is 0.0297. The summed E-state index contributed by atoms with van der Waals surface area (Å²) >= 11 is 0. The predicted molar refractivity (Wildman–Crippen MR) is 86.7 cm³/mol. The Bertz CT molecular complexity index is 661. The van der Waals surface area contributed by atoms with Gasteiger partial charge in [0.2, 0.25) is 5.75 Å². The van der Waals surface area contributed by atoms with E-state index in [9.17, 15) is 24.1 Å². The van der Waals surface area contributed by atoms with E-state index >= 15 is 0 Å². The molecule has 1 aromatic carbocycles. The number of hydrogen-bond acceptors (Lipinski definition) is 5. The van der Waals surface area contributed by atoms with Gasteiger partial charge in [-0.3, -0.25) is 20.2 Å². The summed E-state index contributed by atoms with van der Waals surface area (Å²) in [4.78, 5) is 34.0. The summed E-state index contributed by atoms with van der Waals surface area (Å²) in [6.07, 6.45) is 3.71. The van der Waals surface area contributed by atoms with Crippen LogP contribution in [-0.2, 0) is 4.79 Å². The molecule has 0 radical (unpaired) electrons. The molecule has 136 valence electrons. The summed E-state index contributed by atoms with van der Waals surface area (Å²) in [5.41, 5.74) is -0.465. The zero-order valence-corrected chi connectivity index (χ0v) is 13.8. The molecule has 0 unspecified atom stereocenters. The summed E-state index contributed by atoms with van der Waals surface area (Å²) in [7, 11) is 0. The van der Waals surface area contributed by atoms with E-state index in [0.717, 1.165) is 50.3 Å². The van der Waals surface area contributed by atoms with Crippen LogP contribution in [0.25, 0.3) is 0 Å². The second-order valence-electron chi connectivity index (χ2n) is 5.93. The first-order valence-electron chi connectivity index (χ1n) is 8.09. The Morgan fingerprint density at radius 2 is 2.00 bits per heavy atom. The highest BCUT2D eigenvalue weighted by atomic mass is 19.1. The van der Waals surface area contributed by atoms with Crippen LogP contribution in [0.4, 0.5) is 14.9 Å². The van der Waals surface area contributed by atoms with Gasteiger partial charge in [0.1, 0.15) is 5.82 Å². The number of imide groups is 1. The normalized spacial score (nSPS) is 15.9. The molecule has 0 saturated heterocycles. The van der Waals surface area contributed by atoms with Crippen molar-refractivity contribution < 1.29 is 23.6 Å². The first-order valence-corrected chi connectivity index (χ1v) is 8.09. The van der Waals surface area contributed by atoms with Gasteiger partial charge in [-0.25, -0.2) is 9.18 Å². The van der Waals surface area contributed by atoms with E-state index in [1.54, 1.807) is 0 Å². The number of nitrogens with zero attached hydrogens (tertiary/aromatic N) is 1. The van der Waals surface area contributed by atoms with Crippen LogP contribution >= 0.6 is 0 Å². The summed E-state index contributed by atoms with van der Waals surface area (Å²) in [6.45, 7) is 1.32. The molecule has 2 rings (SSSR count). The summed E-state index contributed by atoms with van der Waals surface area (Å²) < 4.78 is 18.4. The van der Waals surface area contributed by atoms with E-state index in [1.807, 2.05) is 0 Å². The van der Waals surface area contributed by atoms with E-state index in [0.29, 0.717) is 0 Å². The summed E-state index contributed by atoms with van der Waals surface area (Å²) in [6, 6.07) is 2.09. The lowest BCUT2D eigenvalue weighted by atomic mass is 9.96. The van der Waals surface area contributed by atoms with Crippen molar-refractivity contribution in [2.24, 2.45) is 0 Å². The molecule has 1 aliphatic carbocycles. The van der Waals surface area contributed by atoms with E-state index < -0.39 is 34.5 Å². The van der Waals surface area contributed by atoms with Gasteiger partial charge < -0.3 is 10.1 Å². The fraction of sp³-hybridized carbons (Fsp3) is 0.500. The van der Waals surface area contributed by atoms with Crippen molar-refractivity contribution >= 4 is 17.6 Å². The van der Waals surface area contributed by atoms with Crippen molar-refractivity contribution in [2.45, 2.75) is 51.2 Å². The third-order valence-electron chi connectivity index (χ3n) is 3.97. The van der Waals surface area contributed by atoms with E-state index in [2.05, 4.69) is 10.6 Å². The minimum Gasteiger partial charge on any atom is -0.474 e. The third kappa shape index (κ3) is 5.40. The number of urea groups is 1. The van der Waals surface area contributed by atoms with Gasteiger partial charge in [0.05, 0.1) is 4.92 Å². The Balaban J connectivity index is 1.92. The number of benzene rings is 1. The molecule has 3 amide bonds. The van der Waals surface area contributed by atoms with Gasteiger partial charge in [0.25, 0.3) is 5.91 Å². The SMILES string of the molecule is C[C@H](Oc1cc(F)ccc1[N+](=O)[O-])C(=O)NC(=O)NC1CCCCC1. The van der Waals surface area contributed by atoms with Crippen LogP contribution in [0.5, 0.6) is 5.75 Å². The second-order valence-corrected chi connectivity index (χ2v) is 5.93. The van der Waals surface area contributed by atoms with Crippen molar-refractivity contribution in [2.75, 3.05) is 0 Å². The van der Waals surface area contributed by atoms with Crippen molar-refractivity contribution in [1.82, 2.24) is 10.6 Å². The van der Waals surface area contributed by atoms with E-state index in [1.165, 1.54) is 6.92 Å². The maximum Gasteiger partial charge on any atom is 0.321 e. The number of amides is 3. The van der Waals surface area contributed by atoms with E-state index in [4.69, 9.17) is 4.74 Å². The molecule has 1 aliphatic rings. The first kappa shape index (κ1) is 18.6. The van der Waals surface area contributed by atoms with Gasteiger partial charge in [-0.1, -0.05) is 19.3 Å². The Morgan fingerprint density at radius 1 is 1.32 bits per heavy atom. The van der Waals surface area contributed by atoms with Crippen LogP contribution in [0, 0.1) is 15.9 Å². The Labute approximate surface area is 143 Å². The van der Waals surface area contributed by atoms with Gasteiger partial charge in [-0.15, -0.1) is 0 Å². The molecular formula is C16H20FN3O5. The zero-order valence-electron chi connectivity index (χ0n) is 13.8. The Hall–Kier alpha value is -2.71. The fourth-order valence-corrected chi connectivity index (χ4v) is 2.66. The highest BCUT2D eigenvalue weighted by Gasteiger charge is 2.24. The fourth-order valence-electron chi connectivity index (χ4n) is 2.66. The van der Waals surface area contributed by atoms with Crippen LogP contribution in [0.3, 0.4) is 0 Å². The van der Waals surface area contributed by atoms with Crippen LogP contribution in [-0.4, -0.2) is 29.0 Å². The van der Waals surface area contributed by atoms with Crippen molar-refractivity contribution in [3.63, 3.8) is 0 Å². The van der Waals surface area contributed by atoms with Crippen molar-refractivity contribution in [1.29, 1.82) is 0 Å². The highest BCUT2D eigenvalue weighted by Crippen LogP contribution is 2.28. The summed E-state index contributed by atoms with van der Waals surface area (Å²) in [5, 5.41) is 15.8. The highest BCUT2D eigenvalue weighted by molar-refractivity contribution is 5.96. The first-order chi connectivity index (χ1) is 11.9. The molecule has 0 spiro atoms.